The van der Waals surface area contributed by atoms with Crippen LogP contribution < -0.4 is 16.0 Å². The number of nitrogens with zero attached hydrogens (tertiary/aromatic N) is 3. The highest BCUT2D eigenvalue weighted by Crippen LogP contribution is 2.21. The van der Waals surface area contributed by atoms with Gasteiger partial charge in [0, 0.05) is 31.5 Å². The second kappa shape index (κ2) is 7.60. The van der Waals surface area contributed by atoms with E-state index in [0.717, 1.165) is 28.2 Å². The number of rotatable bonds is 5. The third-order valence-electron chi connectivity index (χ3n) is 3.90. The number of aryl methyl sites for hydroxylation is 1. The third kappa shape index (κ3) is 3.77. The molecule has 1 amide bonds. The van der Waals surface area contributed by atoms with Gasteiger partial charge in [0.2, 0.25) is 5.95 Å². The molecule has 3 rings (SSSR count). The van der Waals surface area contributed by atoms with Crippen LogP contribution in [-0.2, 0) is 0 Å². The number of carbonyl (C=O) groups excluding carboxylic acids is 1. The van der Waals surface area contributed by atoms with E-state index in [4.69, 9.17) is 0 Å². The van der Waals surface area contributed by atoms with Gasteiger partial charge in [-0.3, -0.25) is 4.79 Å². The molecule has 0 spiro atoms. The zero-order chi connectivity index (χ0) is 18.5. The SMILES string of the molecule is CNC(=O)c1ncc(Nc2nccc(-c3ccc(NC)cc3)n2)cc1C. The van der Waals surface area contributed by atoms with Gasteiger partial charge in [-0.15, -0.1) is 0 Å². The van der Waals surface area contributed by atoms with E-state index in [0.29, 0.717) is 11.6 Å². The second-order valence-electron chi connectivity index (χ2n) is 5.69. The van der Waals surface area contributed by atoms with E-state index >= 15 is 0 Å². The normalized spacial score (nSPS) is 10.3. The zero-order valence-corrected chi connectivity index (χ0v) is 14.9. The van der Waals surface area contributed by atoms with Crippen molar-refractivity contribution in [1.82, 2.24) is 20.3 Å². The van der Waals surface area contributed by atoms with Crippen LogP contribution in [0.5, 0.6) is 0 Å². The largest absolute Gasteiger partial charge is 0.388 e. The quantitative estimate of drug-likeness (QED) is 0.656. The molecular weight excluding hydrogens is 328 g/mol. The van der Waals surface area contributed by atoms with Crippen LogP contribution in [0.15, 0.2) is 48.8 Å². The molecule has 0 atom stereocenters. The van der Waals surface area contributed by atoms with Gasteiger partial charge in [-0.1, -0.05) is 12.1 Å². The van der Waals surface area contributed by atoms with Crippen molar-refractivity contribution in [3.8, 4) is 11.3 Å². The maximum atomic E-state index is 11.7. The van der Waals surface area contributed by atoms with Gasteiger partial charge in [-0.2, -0.15) is 0 Å². The minimum Gasteiger partial charge on any atom is -0.388 e. The van der Waals surface area contributed by atoms with E-state index in [2.05, 4.69) is 30.9 Å². The first-order chi connectivity index (χ1) is 12.6. The van der Waals surface area contributed by atoms with Crippen molar-refractivity contribution in [3.05, 3.63) is 60.0 Å². The summed E-state index contributed by atoms with van der Waals surface area (Å²) in [7, 11) is 3.46. The van der Waals surface area contributed by atoms with Crippen LogP contribution in [0.25, 0.3) is 11.3 Å². The molecule has 3 N–H and O–H groups in total. The fourth-order valence-corrected chi connectivity index (χ4v) is 2.52. The molecule has 0 unspecified atom stereocenters. The first kappa shape index (κ1) is 17.3. The lowest BCUT2D eigenvalue weighted by atomic mass is 10.1. The summed E-state index contributed by atoms with van der Waals surface area (Å²) in [5.41, 5.74) is 4.75. The molecule has 0 radical (unpaired) electrons. The van der Waals surface area contributed by atoms with Crippen molar-refractivity contribution in [2.75, 3.05) is 24.7 Å². The average molecular weight is 348 g/mol. The van der Waals surface area contributed by atoms with Gasteiger partial charge in [0.05, 0.1) is 17.6 Å². The van der Waals surface area contributed by atoms with Gasteiger partial charge in [0.15, 0.2) is 0 Å². The van der Waals surface area contributed by atoms with Crippen LogP contribution in [0, 0.1) is 6.92 Å². The lowest BCUT2D eigenvalue weighted by molar-refractivity contribution is 0.0957. The molecule has 0 fully saturated rings. The van der Waals surface area contributed by atoms with E-state index in [-0.39, 0.29) is 5.91 Å². The predicted molar refractivity (Wildman–Crippen MR) is 103 cm³/mol. The topological polar surface area (TPSA) is 91.8 Å². The van der Waals surface area contributed by atoms with Crippen LogP contribution in [0.2, 0.25) is 0 Å². The average Bonchev–Trinajstić information content (AvgIpc) is 2.68. The summed E-state index contributed by atoms with van der Waals surface area (Å²) in [6.45, 7) is 1.84. The van der Waals surface area contributed by atoms with Crippen molar-refractivity contribution >= 4 is 23.2 Å². The fourth-order valence-electron chi connectivity index (χ4n) is 2.52. The maximum Gasteiger partial charge on any atom is 0.269 e. The van der Waals surface area contributed by atoms with Gasteiger partial charge >= 0.3 is 0 Å². The Balaban J connectivity index is 1.82. The molecule has 26 heavy (non-hydrogen) atoms. The third-order valence-corrected chi connectivity index (χ3v) is 3.90. The summed E-state index contributed by atoms with van der Waals surface area (Å²) in [5, 5.41) is 8.80. The fraction of sp³-hybridized carbons (Fsp3) is 0.158. The Morgan fingerprint density at radius 3 is 2.42 bits per heavy atom. The standard InChI is InChI=1S/C19H20N6O/c1-12-10-15(11-23-17(12)18(26)21-3)24-19-22-9-8-16(25-19)13-4-6-14(20-2)7-5-13/h4-11,20H,1-3H3,(H,21,26)(H,22,24,25). The molecule has 1 aromatic carbocycles. The van der Waals surface area contributed by atoms with Crippen LogP contribution in [-0.4, -0.2) is 35.0 Å². The number of hydrogen-bond acceptors (Lipinski definition) is 6. The van der Waals surface area contributed by atoms with Crippen molar-refractivity contribution in [2.45, 2.75) is 6.92 Å². The molecule has 0 aliphatic carbocycles. The van der Waals surface area contributed by atoms with E-state index in [1.807, 2.05) is 50.4 Å². The molecule has 0 bridgehead atoms. The molecule has 2 heterocycles. The zero-order valence-electron chi connectivity index (χ0n) is 14.9. The Morgan fingerprint density at radius 2 is 1.77 bits per heavy atom. The van der Waals surface area contributed by atoms with Gasteiger partial charge in [0.25, 0.3) is 5.91 Å². The number of aromatic nitrogens is 3. The number of anilines is 3. The van der Waals surface area contributed by atoms with Crippen LogP contribution >= 0.6 is 0 Å². The minimum absolute atomic E-state index is 0.211. The predicted octanol–water partition coefficient (Wildman–Crippen LogP) is 2.99. The number of amides is 1. The van der Waals surface area contributed by atoms with E-state index < -0.39 is 0 Å². The summed E-state index contributed by atoms with van der Waals surface area (Å²) in [5.74, 6) is 0.256. The monoisotopic (exact) mass is 348 g/mol. The van der Waals surface area contributed by atoms with Gasteiger partial charge < -0.3 is 16.0 Å². The Labute approximate surface area is 151 Å². The van der Waals surface area contributed by atoms with Gasteiger partial charge in [0.1, 0.15) is 5.69 Å². The number of pyridine rings is 1. The molecule has 0 saturated carbocycles. The molecule has 0 aliphatic rings. The Kier molecular flexibility index (Phi) is 5.07. The Morgan fingerprint density at radius 1 is 1.00 bits per heavy atom. The van der Waals surface area contributed by atoms with E-state index in [1.165, 1.54) is 0 Å². The second-order valence-corrected chi connectivity index (χ2v) is 5.69. The number of nitrogens with one attached hydrogen (secondary N) is 3. The van der Waals surface area contributed by atoms with Crippen LogP contribution in [0.3, 0.4) is 0 Å². The van der Waals surface area contributed by atoms with E-state index in [1.54, 1.807) is 19.4 Å². The molecule has 132 valence electrons. The van der Waals surface area contributed by atoms with Crippen molar-refractivity contribution in [3.63, 3.8) is 0 Å². The van der Waals surface area contributed by atoms with Crippen molar-refractivity contribution < 1.29 is 4.79 Å². The lowest BCUT2D eigenvalue weighted by Gasteiger charge is -2.09. The molecule has 7 nitrogen and oxygen atoms in total. The smallest absolute Gasteiger partial charge is 0.269 e. The first-order valence-corrected chi connectivity index (χ1v) is 8.17. The summed E-state index contributed by atoms with van der Waals surface area (Å²) < 4.78 is 0. The van der Waals surface area contributed by atoms with Gasteiger partial charge in [-0.25, -0.2) is 15.0 Å². The number of carbonyl (C=O) groups is 1. The molecule has 7 heteroatoms. The summed E-state index contributed by atoms with van der Waals surface area (Å²) in [6.07, 6.45) is 3.30. The molecule has 0 saturated heterocycles. The maximum absolute atomic E-state index is 11.7. The summed E-state index contributed by atoms with van der Waals surface area (Å²) in [4.78, 5) is 24.7. The highest BCUT2D eigenvalue weighted by Gasteiger charge is 2.10. The number of benzene rings is 1. The highest BCUT2D eigenvalue weighted by atomic mass is 16.1. The molecule has 0 aliphatic heterocycles. The highest BCUT2D eigenvalue weighted by molar-refractivity contribution is 5.93. The summed E-state index contributed by atoms with van der Waals surface area (Å²) in [6, 6.07) is 11.7. The molecule has 2 aromatic heterocycles. The minimum atomic E-state index is -0.211. The molecular formula is C19H20N6O. The van der Waals surface area contributed by atoms with E-state index in [9.17, 15) is 4.79 Å². The number of hydrogen-bond donors (Lipinski definition) is 3. The molecule has 3 aromatic rings. The first-order valence-electron chi connectivity index (χ1n) is 8.17. The van der Waals surface area contributed by atoms with Crippen molar-refractivity contribution in [1.29, 1.82) is 0 Å². The lowest BCUT2D eigenvalue weighted by Crippen LogP contribution is -2.20. The van der Waals surface area contributed by atoms with Crippen LogP contribution in [0.1, 0.15) is 16.1 Å². The Bertz CT molecular complexity index is 924. The van der Waals surface area contributed by atoms with Gasteiger partial charge in [-0.05, 0) is 36.8 Å². The Hall–Kier alpha value is -3.48. The van der Waals surface area contributed by atoms with Crippen molar-refractivity contribution in [2.24, 2.45) is 0 Å². The van der Waals surface area contributed by atoms with Crippen LogP contribution in [0.4, 0.5) is 17.3 Å². The summed E-state index contributed by atoms with van der Waals surface area (Å²) >= 11 is 0.